The fourth-order valence-electron chi connectivity index (χ4n) is 3.48. The van der Waals surface area contributed by atoms with E-state index in [1.54, 1.807) is 0 Å². The van der Waals surface area contributed by atoms with Gasteiger partial charge in [-0.3, -0.25) is 0 Å². The van der Waals surface area contributed by atoms with Crippen molar-refractivity contribution in [3.05, 3.63) is 82.4 Å². The number of halogens is 2. The molecule has 0 N–H and O–H groups in total. The molecule has 0 saturated heterocycles. The van der Waals surface area contributed by atoms with Gasteiger partial charge >= 0.3 is 11.9 Å². The van der Waals surface area contributed by atoms with Crippen molar-refractivity contribution in [2.45, 2.75) is 39.5 Å². The minimum Gasteiger partial charge on any atom is -0.462 e. The molecule has 0 fully saturated rings. The molecule has 0 saturated carbocycles. The maximum Gasteiger partial charge on any atom is 0.341 e. The van der Waals surface area contributed by atoms with Crippen LogP contribution in [0.15, 0.2) is 48.5 Å². The van der Waals surface area contributed by atoms with Gasteiger partial charge in [-0.05, 0) is 37.1 Å². The molecule has 0 amide bonds. The van der Waals surface area contributed by atoms with Crippen molar-refractivity contribution in [2.24, 2.45) is 0 Å². The zero-order chi connectivity index (χ0) is 29.1. The van der Waals surface area contributed by atoms with Crippen LogP contribution in [-0.4, -0.2) is 25.2 Å². The van der Waals surface area contributed by atoms with Crippen molar-refractivity contribution in [2.75, 3.05) is 13.2 Å². The molecule has 3 aromatic carbocycles. The van der Waals surface area contributed by atoms with E-state index >= 15 is 8.78 Å². The third-order valence-electron chi connectivity index (χ3n) is 5.62. The minimum absolute atomic E-state index is 0.0906. The second kappa shape index (κ2) is 14.3. The highest BCUT2D eigenvalue weighted by atomic mass is 19.1. The third-order valence-corrected chi connectivity index (χ3v) is 5.62. The summed E-state index contributed by atoms with van der Waals surface area (Å²) in [5.41, 5.74) is -2.02. The number of nitriles is 2. The molecule has 0 unspecified atom stereocenters. The van der Waals surface area contributed by atoms with E-state index in [0.717, 1.165) is 12.8 Å². The SMILES string of the molecule is CCCCOC(=O)c1ccccc1Oc1c(F)c(C#N)c(C#N)c(F)c1Oc1ccccc1C(=O)OCCCC. The second-order valence-electron chi connectivity index (χ2n) is 8.44. The number of nitrogens with zero attached hydrogens (tertiary/aromatic N) is 2. The van der Waals surface area contributed by atoms with E-state index in [0.29, 0.717) is 12.8 Å². The molecule has 10 heteroatoms. The van der Waals surface area contributed by atoms with Gasteiger partial charge in [0.1, 0.15) is 45.9 Å². The summed E-state index contributed by atoms with van der Waals surface area (Å²) in [5.74, 6) is -6.56. The van der Waals surface area contributed by atoms with Gasteiger partial charge in [0.2, 0.25) is 11.5 Å². The topological polar surface area (TPSA) is 119 Å². The maximum absolute atomic E-state index is 15.6. The second-order valence-corrected chi connectivity index (χ2v) is 8.44. The van der Waals surface area contributed by atoms with E-state index in [1.165, 1.54) is 60.7 Å². The van der Waals surface area contributed by atoms with Gasteiger partial charge in [0, 0.05) is 0 Å². The Bertz CT molecular complexity index is 1370. The zero-order valence-electron chi connectivity index (χ0n) is 22.0. The van der Waals surface area contributed by atoms with Crippen molar-refractivity contribution in [3.8, 4) is 35.1 Å². The molecule has 206 valence electrons. The summed E-state index contributed by atoms with van der Waals surface area (Å²) >= 11 is 0. The minimum atomic E-state index is -1.40. The van der Waals surface area contributed by atoms with Crippen LogP contribution in [0.4, 0.5) is 8.78 Å². The summed E-state index contributed by atoms with van der Waals surface area (Å²) in [6.07, 6.45) is 2.81. The third kappa shape index (κ3) is 6.72. The predicted octanol–water partition coefficient (Wildman–Crippen LogP) is 7.21. The van der Waals surface area contributed by atoms with E-state index in [9.17, 15) is 20.1 Å². The number of para-hydroxylation sites is 2. The molecule has 0 aliphatic heterocycles. The van der Waals surface area contributed by atoms with Crippen molar-refractivity contribution < 1.29 is 37.3 Å². The first-order valence-electron chi connectivity index (χ1n) is 12.6. The molecular weight excluding hydrogens is 522 g/mol. The Morgan fingerprint density at radius 1 is 0.700 bits per heavy atom. The zero-order valence-corrected chi connectivity index (χ0v) is 22.0. The first-order chi connectivity index (χ1) is 19.4. The quantitative estimate of drug-likeness (QED) is 0.172. The van der Waals surface area contributed by atoms with Gasteiger partial charge in [-0.2, -0.15) is 10.5 Å². The molecule has 0 spiro atoms. The Hall–Kier alpha value is -4.96. The van der Waals surface area contributed by atoms with Gasteiger partial charge in [0.05, 0.1) is 13.2 Å². The highest BCUT2D eigenvalue weighted by molar-refractivity contribution is 5.93. The van der Waals surface area contributed by atoms with E-state index in [2.05, 4.69) is 0 Å². The summed E-state index contributed by atoms with van der Waals surface area (Å²) in [6.45, 7) is 4.12. The average Bonchev–Trinajstić information content (AvgIpc) is 2.97. The summed E-state index contributed by atoms with van der Waals surface area (Å²) < 4.78 is 53.0. The van der Waals surface area contributed by atoms with Crippen LogP contribution in [0.2, 0.25) is 0 Å². The van der Waals surface area contributed by atoms with Crippen LogP contribution < -0.4 is 9.47 Å². The molecule has 0 bridgehead atoms. The van der Waals surface area contributed by atoms with Crippen LogP contribution in [0.1, 0.15) is 71.4 Å². The number of carbonyl (C=O) groups excluding carboxylic acids is 2. The Kier molecular flexibility index (Phi) is 10.6. The molecule has 0 radical (unpaired) electrons. The molecule has 0 aliphatic carbocycles. The van der Waals surface area contributed by atoms with Crippen LogP contribution in [0.3, 0.4) is 0 Å². The molecule has 0 atom stereocenters. The number of rotatable bonds is 12. The predicted molar refractivity (Wildman–Crippen MR) is 139 cm³/mol. The number of hydrogen-bond donors (Lipinski definition) is 0. The molecule has 8 nitrogen and oxygen atoms in total. The van der Waals surface area contributed by atoms with Crippen LogP contribution in [0, 0.1) is 34.3 Å². The van der Waals surface area contributed by atoms with Crippen LogP contribution in [0.5, 0.6) is 23.0 Å². The average molecular weight is 549 g/mol. The maximum atomic E-state index is 15.6. The van der Waals surface area contributed by atoms with E-state index < -0.39 is 46.2 Å². The smallest absolute Gasteiger partial charge is 0.341 e. The summed E-state index contributed by atoms with van der Waals surface area (Å²) in [7, 11) is 0. The lowest BCUT2D eigenvalue weighted by molar-refractivity contribution is 0.0486. The number of ether oxygens (including phenoxy) is 4. The lowest BCUT2D eigenvalue weighted by Gasteiger charge is -2.18. The Balaban J connectivity index is 2.12. The Morgan fingerprint density at radius 3 is 1.43 bits per heavy atom. The standard InChI is InChI=1S/C30H26F2N2O6/c1-3-5-15-37-29(35)19-11-7-9-13-23(19)39-27-25(31)21(17-33)22(18-34)26(32)28(27)40-24-14-10-8-12-20(24)30(36)38-16-6-4-2/h7-14H,3-6,15-16H2,1-2H3. The molecule has 0 aromatic heterocycles. The Labute approximate surface area is 230 Å². The fraction of sp³-hybridized carbons (Fsp3) is 0.267. The van der Waals surface area contributed by atoms with Gasteiger partial charge in [-0.15, -0.1) is 0 Å². The van der Waals surface area contributed by atoms with Crippen LogP contribution >= 0.6 is 0 Å². The lowest BCUT2D eigenvalue weighted by Crippen LogP contribution is -2.10. The number of unbranched alkanes of at least 4 members (excludes halogenated alkanes) is 2. The highest BCUT2D eigenvalue weighted by Gasteiger charge is 2.30. The number of hydrogen-bond acceptors (Lipinski definition) is 8. The summed E-state index contributed by atoms with van der Waals surface area (Å²) in [4.78, 5) is 25.3. The van der Waals surface area contributed by atoms with E-state index in [-0.39, 0.29) is 35.8 Å². The van der Waals surface area contributed by atoms with Crippen molar-refractivity contribution >= 4 is 11.9 Å². The molecule has 3 aromatic rings. The lowest BCUT2D eigenvalue weighted by atomic mass is 10.1. The van der Waals surface area contributed by atoms with E-state index in [1.807, 2.05) is 13.8 Å². The van der Waals surface area contributed by atoms with Gasteiger partial charge in [0.25, 0.3) is 0 Å². The van der Waals surface area contributed by atoms with Crippen molar-refractivity contribution in [1.82, 2.24) is 0 Å². The highest BCUT2D eigenvalue weighted by Crippen LogP contribution is 2.44. The van der Waals surface area contributed by atoms with E-state index in [4.69, 9.17) is 18.9 Å². The normalized spacial score (nSPS) is 10.2. The van der Waals surface area contributed by atoms with Crippen molar-refractivity contribution in [1.29, 1.82) is 10.5 Å². The van der Waals surface area contributed by atoms with Crippen LogP contribution in [-0.2, 0) is 9.47 Å². The van der Waals surface area contributed by atoms with Gasteiger partial charge in [-0.25, -0.2) is 18.4 Å². The molecule has 3 rings (SSSR count). The summed E-state index contributed by atoms with van der Waals surface area (Å²) in [5, 5.41) is 18.9. The molecule has 40 heavy (non-hydrogen) atoms. The number of benzene rings is 3. The molecule has 0 aliphatic rings. The van der Waals surface area contributed by atoms with Gasteiger partial charge < -0.3 is 18.9 Å². The first-order valence-corrected chi connectivity index (χ1v) is 12.6. The molecule has 0 heterocycles. The Morgan fingerprint density at radius 2 is 1.07 bits per heavy atom. The first kappa shape index (κ1) is 29.6. The summed E-state index contributed by atoms with van der Waals surface area (Å²) in [6, 6.07) is 14.3. The van der Waals surface area contributed by atoms with Crippen molar-refractivity contribution in [3.63, 3.8) is 0 Å². The largest absolute Gasteiger partial charge is 0.462 e. The monoisotopic (exact) mass is 548 g/mol. The number of esters is 2. The van der Waals surface area contributed by atoms with Crippen LogP contribution in [0.25, 0.3) is 0 Å². The molecular formula is C30H26F2N2O6. The fourth-order valence-corrected chi connectivity index (χ4v) is 3.48. The number of carbonyl (C=O) groups is 2. The van der Waals surface area contributed by atoms with Gasteiger partial charge in [-0.1, -0.05) is 51.0 Å². The van der Waals surface area contributed by atoms with Gasteiger partial charge in [0.15, 0.2) is 11.6 Å².